The molecule has 252 valence electrons. The van der Waals surface area contributed by atoms with Gasteiger partial charge in [-0.3, -0.25) is 14.5 Å². The van der Waals surface area contributed by atoms with E-state index in [-0.39, 0.29) is 29.7 Å². The molecule has 0 bridgehead atoms. The van der Waals surface area contributed by atoms with Crippen LogP contribution in [0.5, 0.6) is 0 Å². The van der Waals surface area contributed by atoms with E-state index in [1.807, 2.05) is 0 Å². The fourth-order valence-electron chi connectivity index (χ4n) is 4.51. The summed E-state index contributed by atoms with van der Waals surface area (Å²) >= 11 is 6.33. The molecule has 17 heteroatoms. The number of rotatable bonds is 10. The van der Waals surface area contributed by atoms with Gasteiger partial charge in [0, 0.05) is 18.4 Å². The topological polar surface area (TPSA) is 160 Å². The molecule has 0 unspecified atom stereocenters. The number of alkyl halides is 4. The van der Waals surface area contributed by atoms with Crippen LogP contribution in [-0.2, 0) is 14.3 Å². The number of hydrogen-bond acceptors (Lipinski definition) is 8. The Morgan fingerprint density at radius 3 is 2.28 bits per heavy atom. The summed E-state index contributed by atoms with van der Waals surface area (Å²) in [5.41, 5.74) is 12.7. The molecule has 1 aliphatic heterocycles. The highest BCUT2D eigenvalue weighted by Gasteiger charge is 2.39. The molecule has 12 nitrogen and oxygen atoms in total. The lowest BCUT2D eigenvalue weighted by molar-refractivity contribution is -0.130. The number of carbonyl (C=O) groups excluding carboxylic acids is 2. The Hall–Kier alpha value is -4.83. The summed E-state index contributed by atoms with van der Waals surface area (Å²) < 4.78 is 59.9. The molecule has 4 N–H and O–H groups in total. The fourth-order valence-corrected chi connectivity index (χ4v) is 4.71. The van der Waals surface area contributed by atoms with Crippen LogP contribution in [0.15, 0.2) is 66.2 Å². The number of aromatic nitrogens is 5. The highest BCUT2D eigenvalue weighted by atomic mass is 35.5. The van der Waals surface area contributed by atoms with E-state index in [1.54, 1.807) is 37.3 Å². The van der Waals surface area contributed by atoms with Gasteiger partial charge in [0.05, 0.1) is 29.6 Å². The largest absolute Gasteiger partial charge is 0.379 e. The number of primary amides is 1. The summed E-state index contributed by atoms with van der Waals surface area (Å²) in [5.74, 6) is -1.08. The minimum absolute atomic E-state index is 0.0262. The first-order chi connectivity index (χ1) is 22.5. The molecule has 0 fully saturated rings. The van der Waals surface area contributed by atoms with Crippen molar-refractivity contribution >= 4 is 29.9 Å². The number of nitrogens with zero attached hydrogens (tertiary/aromatic N) is 7. The molecule has 0 spiro atoms. The number of halogens is 5. The Morgan fingerprint density at radius 1 is 1.04 bits per heavy atom. The van der Waals surface area contributed by atoms with Gasteiger partial charge in [0.2, 0.25) is 6.41 Å². The second-order valence-corrected chi connectivity index (χ2v) is 10.2. The summed E-state index contributed by atoms with van der Waals surface area (Å²) in [4.78, 5) is 31.5. The molecule has 2 aromatic carbocycles. The number of aliphatic imine (C=N–C) groups is 1. The van der Waals surface area contributed by atoms with Crippen LogP contribution in [-0.4, -0.2) is 60.9 Å². The van der Waals surface area contributed by atoms with Crippen LogP contribution in [0.3, 0.4) is 0 Å². The van der Waals surface area contributed by atoms with Crippen LogP contribution in [0, 0.1) is 0 Å². The summed E-state index contributed by atoms with van der Waals surface area (Å²) in [6.45, 7) is 3.64. The normalized spacial score (nSPS) is 14.8. The predicted octanol–water partition coefficient (Wildman–Crippen LogP) is 5.61. The van der Waals surface area contributed by atoms with Gasteiger partial charge in [-0.2, -0.15) is 19.0 Å². The van der Waals surface area contributed by atoms with E-state index in [2.05, 4.69) is 39.8 Å². The molecule has 2 atom stereocenters. The van der Waals surface area contributed by atoms with E-state index in [4.69, 9.17) is 26.9 Å². The fraction of sp³-hybridized carbons (Fsp3) is 0.333. The van der Waals surface area contributed by atoms with Crippen molar-refractivity contribution in [3.05, 3.63) is 83.2 Å². The summed E-state index contributed by atoms with van der Waals surface area (Å²) in [6, 6.07) is 9.58. The molecular formula is C30H34ClF4N9O3. The zero-order valence-electron chi connectivity index (χ0n) is 25.7. The van der Waals surface area contributed by atoms with Gasteiger partial charge in [-0.05, 0) is 35.7 Å². The van der Waals surface area contributed by atoms with E-state index in [1.165, 1.54) is 35.8 Å². The second kappa shape index (κ2) is 17.2. The molecular weight excluding hydrogens is 646 g/mol. The highest BCUT2D eigenvalue weighted by Crippen LogP contribution is 2.35. The van der Waals surface area contributed by atoms with Crippen LogP contribution in [0.4, 0.5) is 17.6 Å². The van der Waals surface area contributed by atoms with Crippen molar-refractivity contribution in [2.75, 3.05) is 13.2 Å². The molecule has 0 radical (unpaired) electrons. The minimum atomic E-state index is -2.90. The summed E-state index contributed by atoms with van der Waals surface area (Å²) in [5, 5.41) is 7.67. The Morgan fingerprint density at radius 2 is 1.70 bits per heavy atom. The monoisotopic (exact) mass is 679 g/mol. The molecule has 47 heavy (non-hydrogen) atoms. The Balaban J connectivity index is 0.000000930. The number of amides is 2. The lowest BCUT2D eigenvalue weighted by Crippen LogP contribution is -2.42. The molecule has 0 saturated heterocycles. The van der Waals surface area contributed by atoms with Crippen molar-refractivity contribution in [1.82, 2.24) is 29.4 Å². The third-order valence-electron chi connectivity index (χ3n) is 6.48. The molecule has 5 rings (SSSR count). The highest BCUT2D eigenvalue weighted by molar-refractivity contribution is 6.32. The molecule has 3 heterocycles. The van der Waals surface area contributed by atoms with Gasteiger partial charge in [-0.15, -0.1) is 0 Å². The van der Waals surface area contributed by atoms with E-state index in [0.29, 0.717) is 33.5 Å². The van der Waals surface area contributed by atoms with Crippen molar-refractivity contribution in [1.29, 1.82) is 0 Å². The van der Waals surface area contributed by atoms with Crippen molar-refractivity contribution in [3.8, 4) is 16.8 Å². The second-order valence-electron chi connectivity index (χ2n) is 9.77. The van der Waals surface area contributed by atoms with E-state index in [9.17, 15) is 22.4 Å². The average molecular weight is 680 g/mol. The van der Waals surface area contributed by atoms with Crippen LogP contribution in [0.1, 0.15) is 69.2 Å². The average Bonchev–Trinajstić information content (AvgIpc) is 3.79. The molecule has 0 saturated carbocycles. The van der Waals surface area contributed by atoms with Crippen LogP contribution in [0.25, 0.3) is 16.8 Å². The summed E-state index contributed by atoms with van der Waals surface area (Å²) in [6.07, 6.45) is 2.15. The third kappa shape index (κ3) is 8.71. The van der Waals surface area contributed by atoms with Gasteiger partial charge in [-0.1, -0.05) is 62.2 Å². The number of hydrogen-bond donors (Lipinski definition) is 2. The number of benzene rings is 2. The minimum Gasteiger partial charge on any atom is -0.379 e. The van der Waals surface area contributed by atoms with Gasteiger partial charge in [-0.25, -0.2) is 28.1 Å². The number of nitrogens with two attached hydrogens (primary N) is 2. The SMILES string of the molecule is CCC.CCOC[C@H](c1ccc(Cl)c(-n2ncnc2C(F)F)c1)N1C(=O)[C@@H](c2ccc(-c3cnn(C(F)F)c3)cc2)N=C1N.NC=O. The maximum Gasteiger partial charge on any atom is 0.333 e. The predicted molar refractivity (Wildman–Crippen MR) is 167 cm³/mol. The number of ether oxygens (including phenoxy) is 1. The van der Waals surface area contributed by atoms with Crippen LogP contribution >= 0.6 is 11.6 Å². The Bertz CT molecular complexity index is 1650. The Labute approximate surface area is 273 Å². The van der Waals surface area contributed by atoms with Crippen LogP contribution in [0.2, 0.25) is 5.02 Å². The van der Waals surface area contributed by atoms with E-state index >= 15 is 0 Å². The van der Waals surface area contributed by atoms with Crippen molar-refractivity contribution in [2.45, 2.75) is 52.3 Å². The quantitative estimate of drug-likeness (QED) is 0.163. The van der Waals surface area contributed by atoms with Gasteiger partial charge in [0.15, 0.2) is 17.8 Å². The third-order valence-corrected chi connectivity index (χ3v) is 6.80. The molecule has 4 aromatic rings. The standard InChI is InChI=1S/C26H23ClF4N8O2.C3H8.CH3NO/c1-2-41-12-20(16-7-8-18(27)19(9-16)39-23(22(28)29)33-13-35-39)38-24(40)21(36-26(38)32)15-5-3-14(4-6-15)17-10-34-37(11-17)25(30)31;1-3-2;2-1-3/h3-11,13,20-22,25H,2,12H2,1H3,(H2,32,36);3H2,1-2H3;1H,(H2,2,3)/t20-,21-;;/m1../s1. The first kappa shape index (κ1) is 36.6. The number of guanidine groups is 1. The van der Waals surface area contributed by atoms with Gasteiger partial charge in [0.25, 0.3) is 12.3 Å². The maximum atomic E-state index is 13.7. The van der Waals surface area contributed by atoms with Crippen molar-refractivity contribution in [3.63, 3.8) is 0 Å². The molecule has 2 amide bonds. The van der Waals surface area contributed by atoms with Gasteiger partial charge in [0.1, 0.15) is 6.33 Å². The lowest BCUT2D eigenvalue weighted by atomic mass is 10.0. The zero-order valence-corrected chi connectivity index (χ0v) is 26.4. The van der Waals surface area contributed by atoms with Crippen molar-refractivity contribution in [2.24, 2.45) is 16.5 Å². The van der Waals surface area contributed by atoms with Crippen molar-refractivity contribution < 1.29 is 31.9 Å². The molecule has 0 aliphatic carbocycles. The van der Waals surface area contributed by atoms with Gasteiger partial charge >= 0.3 is 6.55 Å². The molecule has 2 aromatic heterocycles. The first-order valence-corrected chi connectivity index (χ1v) is 14.7. The zero-order chi connectivity index (χ0) is 34.7. The molecule has 1 aliphatic rings. The first-order valence-electron chi connectivity index (χ1n) is 14.3. The maximum absolute atomic E-state index is 13.7. The number of carbonyl (C=O) groups is 2. The van der Waals surface area contributed by atoms with E-state index < -0.39 is 36.8 Å². The summed E-state index contributed by atoms with van der Waals surface area (Å²) in [7, 11) is 0. The van der Waals surface area contributed by atoms with Crippen LogP contribution < -0.4 is 11.5 Å². The smallest absolute Gasteiger partial charge is 0.333 e. The van der Waals surface area contributed by atoms with Gasteiger partial charge < -0.3 is 16.2 Å². The van der Waals surface area contributed by atoms with E-state index in [0.717, 1.165) is 11.0 Å². The Kier molecular flexibility index (Phi) is 13.4. The lowest BCUT2D eigenvalue weighted by Gasteiger charge is -2.28.